The van der Waals surface area contributed by atoms with Crippen LogP contribution in [-0.4, -0.2) is 42.3 Å². The van der Waals surface area contributed by atoms with Crippen LogP contribution >= 0.6 is 0 Å². The Labute approximate surface area is 156 Å². The van der Waals surface area contributed by atoms with Crippen LogP contribution in [0.4, 0.5) is 4.79 Å². The summed E-state index contributed by atoms with van der Waals surface area (Å²) in [6, 6.07) is 19.2. The number of rotatable bonds is 3. The quantitative estimate of drug-likeness (QED) is 0.904. The van der Waals surface area contributed by atoms with Crippen molar-refractivity contribution in [2.75, 3.05) is 19.6 Å². The predicted octanol–water partition coefficient (Wildman–Crippen LogP) is 4.11. The molecule has 3 rings (SSSR count). The Balaban J connectivity index is 1.71. The lowest BCUT2D eigenvalue weighted by molar-refractivity contribution is 0.0195. The Kier molecular flexibility index (Phi) is 5.62. The molecule has 1 aliphatic rings. The zero-order valence-electron chi connectivity index (χ0n) is 15.9. The molecule has 2 aromatic carbocycles. The number of nitrogens with zero attached hydrogens (tertiary/aromatic N) is 1. The lowest BCUT2D eigenvalue weighted by atomic mass is 9.94. The molecule has 26 heavy (non-hydrogen) atoms. The number of benzene rings is 2. The lowest BCUT2D eigenvalue weighted by Crippen LogP contribution is -2.54. The summed E-state index contributed by atoms with van der Waals surface area (Å²) in [5.74, 6) is 0. The maximum atomic E-state index is 12.4. The van der Waals surface area contributed by atoms with Gasteiger partial charge in [-0.3, -0.25) is 0 Å². The number of carbonyl (C=O) groups excluding carboxylic acids is 1. The van der Waals surface area contributed by atoms with E-state index in [-0.39, 0.29) is 12.1 Å². The predicted molar refractivity (Wildman–Crippen MR) is 105 cm³/mol. The highest BCUT2D eigenvalue weighted by Gasteiger charge is 2.27. The van der Waals surface area contributed by atoms with Crippen LogP contribution in [0.3, 0.4) is 0 Å². The van der Waals surface area contributed by atoms with E-state index in [1.165, 1.54) is 16.7 Å². The zero-order valence-corrected chi connectivity index (χ0v) is 15.9. The Hall–Kier alpha value is -2.33. The number of ether oxygens (including phenoxy) is 1. The summed E-state index contributed by atoms with van der Waals surface area (Å²) in [6.45, 7) is 7.85. The molecule has 1 amide bonds. The van der Waals surface area contributed by atoms with Crippen molar-refractivity contribution in [2.45, 2.75) is 38.8 Å². The zero-order chi connectivity index (χ0) is 18.6. The maximum Gasteiger partial charge on any atom is 0.410 e. The number of hydrogen-bond acceptors (Lipinski definition) is 3. The molecule has 1 heterocycles. The van der Waals surface area contributed by atoms with Gasteiger partial charge < -0.3 is 15.0 Å². The molecule has 1 saturated heterocycles. The van der Waals surface area contributed by atoms with Gasteiger partial charge in [0.15, 0.2) is 0 Å². The van der Waals surface area contributed by atoms with Gasteiger partial charge in [0.25, 0.3) is 0 Å². The molecule has 1 unspecified atom stereocenters. The molecular formula is C22H28N2O2. The number of amides is 1. The van der Waals surface area contributed by atoms with Crippen LogP contribution < -0.4 is 5.32 Å². The summed E-state index contributed by atoms with van der Waals surface area (Å²) >= 11 is 0. The van der Waals surface area contributed by atoms with Gasteiger partial charge in [0, 0.05) is 25.7 Å². The van der Waals surface area contributed by atoms with Crippen molar-refractivity contribution in [1.82, 2.24) is 10.2 Å². The molecule has 0 aromatic heterocycles. The normalized spacial score (nSPS) is 17.8. The van der Waals surface area contributed by atoms with Crippen molar-refractivity contribution in [3.8, 4) is 11.1 Å². The molecule has 0 bridgehead atoms. The molecule has 1 atom stereocenters. The number of nitrogens with one attached hydrogen (secondary N) is 1. The van der Waals surface area contributed by atoms with Crippen LogP contribution in [0.1, 0.15) is 26.3 Å². The number of hydrogen-bond donors (Lipinski definition) is 1. The first kappa shape index (κ1) is 18.5. The standard InChI is InChI=1S/C22H28N2O2/c1-22(2,3)26-21(25)24-14-13-23-19(16-24)15-18-11-7-8-12-20(18)17-9-5-4-6-10-17/h4-12,19,23H,13-16H2,1-3H3. The van der Waals surface area contributed by atoms with Gasteiger partial charge in [0.05, 0.1) is 0 Å². The van der Waals surface area contributed by atoms with Gasteiger partial charge in [-0.1, -0.05) is 54.6 Å². The fourth-order valence-electron chi connectivity index (χ4n) is 3.32. The van der Waals surface area contributed by atoms with Crippen molar-refractivity contribution in [3.05, 3.63) is 60.2 Å². The Morgan fingerprint density at radius 1 is 1.12 bits per heavy atom. The van der Waals surface area contributed by atoms with E-state index in [4.69, 9.17) is 4.74 Å². The van der Waals surface area contributed by atoms with Gasteiger partial charge in [0.1, 0.15) is 5.60 Å². The lowest BCUT2D eigenvalue weighted by Gasteiger charge is -2.35. The molecule has 0 saturated carbocycles. The summed E-state index contributed by atoms with van der Waals surface area (Å²) in [6.07, 6.45) is 0.657. The maximum absolute atomic E-state index is 12.4. The summed E-state index contributed by atoms with van der Waals surface area (Å²) in [5.41, 5.74) is 3.31. The largest absolute Gasteiger partial charge is 0.444 e. The SMILES string of the molecule is CC(C)(C)OC(=O)N1CCNC(Cc2ccccc2-c2ccccc2)C1. The minimum Gasteiger partial charge on any atom is -0.444 e. The van der Waals surface area contributed by atoms with Crippen molar-refractivity contribution in [2.24, 2.45) is 0 Å². The van der Waals surface area contributed by atoms with Crippen molar-refractivity contribution < 1.29 is 9.53 Å². The van der Waals surface area contributed by atoms with E-state index in [0.717, 1.165) is 13.0 Å². The second-order valence-corrected chi connectivity index (χ2v) is 7.80. The van der Waals surface area contributed by atoms with Crippen LogP contribution in [0.2, 0.25) is 0 Å². The summed E-state index contributed by atoms with van der Waals surface area (Å²) in [5, 5.41) is 3.54. The highest BCUT2D eigenvalue weighted by Crippen LogP contribution is 2.25. The topological polar surface area (TPSA) is 41.6 Å². The number of piperazine rings is 1. The van der Waals surface area contributed by atoms with Gasteiger partial charge in [-0.15, -0.1) is 0 Å². The minimum absolute atomic E-state index is 0.222. The third-order valence-corrected chi connectivity index (χ3v) is 4.48. The first-order valence-electron chi connectivity index (χ1n) is 9.27. The van der Waals surface area contributed by atoms with Crippen LogP contribution in [0.5, 0.6) is 0 Å². The summed E-state index contributed by atoms with van der Waals surface area (Å²) in [4.78, 5) is 14.2. The van der Waals surface area contributed by atoms with E-state index >= 15 is 0 Å². The van der Waals surface area contributed by atoms with Crippen molar-refractivity contribution in [3.63, 3.8) is 0 Å². The van der Waals surface area contributed by atoms with E-state index in [0.29, 0.717) is 13.1 Å². The Morgan fingerprint density at radius 3 is 2.54 bits per heavy atom. The van der Waals surface area contributed by atoms with E-state index < -0.39 is 5.60 Å². The molecule has 2 aromatic rings. The molecule has 0 radical (unpaired) electrons. The van der Waals surface area contributed by atoms with Crippen LogP contribution in [0.25, 0.3) is 11.1 Å². The van der Waals surface area contributed by atoms with Crippen LogP contribution in [0, 0.1) is 0 Å². The smallest absolute Gasteiger partial charge is 0.410 e. The van der Waals surface area contributed by atoms with Crippen LogP contribution in [0.15, 0.2) is 54.6 Å². The summed E-state index contributed by atoms with van der Waals surface area (Å²) < 4.78 is 5.53. The van der Waals surface area contributed by atoms with E-state index in [2.05, 4.69) is 53.8 Å². The van der Waals surface area contributed by atoms with E-state index in [9.17, 15) is 4.79 Å². The monoisotopic (exact) mass is 352 g/mol. The Bertz CT molecular complexity index is 737. The van der Waals surface area contributed by atoms with Gasteiger partial charge in [-0.2, -0.15) is 0 Å². The molecule has 4 heteroatoms. The first-order valence-corrected chi connectivity index (χ1v) is 9.27. The average molecular weight is 352 g/mol. The molecule has 1 aliphatic heterocycles. The fraction of sp³-hybridized carbons (Fsp3) is 0.409. The first-order chi connectivity index (χ1) is 12.4. The van der Waals surface area contributed by atoms with E-state index in [1.54, 1.807) is 0 Å². The van der Waals surface area contributed by atoms with Gasteiger partial charge in [0.2, 0.25) is 0 Å². The number of carbonyl (C=O) groups is 1. The Morgan fingerprint density at radius 2 is 1.81 bits per heavy atom. The second-order valence-electron chi connectivity index (χ2n) is 7.80. The van der Waals surface area contributed by atoms with Crippen molar-refractivity contribution >= 4 is 6.09 Å². The van der Waals surface area contributed by atoms with Crippen molar-refractivity contribution in [1.29, 1.82) is 0 Å². The molecule has 1 fully saturated rings. The fourth-order valence-corrected chi connectivity index (χ4v) is 3.32. The van der Waals surface area contributed by atoms with E-state index in [1.807, 2.05) is 31.7 Å². The van der Waals surface area contributed by atoms with Crippen LogP contribution in [-0.2, 0) is 11.2 Å². The molecule has 4 nitrogen and oxygen atoms in total. The molecule has 0 aliphatic carbocycles. The molecule has 1 N–H and O–H groups in total. The van der Waals surface area contributed by atoms with Gasteiger partial charge in [-0.25, -0.2) is 4.79 Å². The molecular weight excluding hydrogens is 324 g/mol. The van der Waals surface area contributed by atoms with Gasteiger partial charge >= 0.3 is 6.09 Å². The van der Waals surface area contributed by atoms with Gasteiger partial charge in [-0.05, 0) is 43.9 Å². The highest BCUT2D eigenvalue weighted by molar-refractivity contribution is 5.69. The summed E-state index contributed by atoms with van der Waals surface area (Å²) in [7, 11) is 0. The minimum atomic E-state index is -0.461. The third kappa shape index (κ3) is 4.85. The third-order valence-electron chi connectivity index (χ3n) is 4.48. The molecule has 0 spiro atoms. The highest BCUT2D eigenvalue weighted by atomic mass is 16.6. The molecule has 138 valence electrons. The second kappa shape index (κ2) is 7.92. The average Bonchev–Trinajstić information content (AvgIpc) is 2.62.